The molecule has 4 heteroatoms. The molecule has 1 heterocycles. The lowest BCUT2D eigenvalue weighted by Gasteiger charge is -2.10. The molecule has 0 aliphatic rings. The van der Waals surface area contributed by atoms with Crippen LogP contribution in [0.3, 0.4) is 0 Å². The monoisotopic (exact) mass is 241 g/mol. The molecule has 0 unspecified atom stereocenters. The highest BCUT2D eigenvalue weighted by molar-refractivity contribution is 6.00. The van der Waals surface area contributed by atoms with Crippen LogP contribution in [0.25, 0.3) is 0 Å². The molecule has 0 bridgehead atoms. The first kappa shape index (κ1) is 12.1. The molecule has 0 atom stereocenters. The van der Waals surface area contributed by atoms with E-state index in [0.717, 1.165) is 17.7 Å². The summed E-state index contributed by atoms with van der Waals surface area (Å²) in [5.41, 5.74) is 2.62. The number of nitrogens with one attached hydrogen (secondary N) is 2. The number of pyridine rings is 1. The van der Waals surface area contributed by atoms with Gasteiger partial charge in [-0.05, 0) is 30.2 Å². The lowest BCUT2D eigenvalue weighted by atomic mass is 10.1. The summed E-state index contributed by atoms with van der Waals surface area (Å²) in [6, 6.07) is 11.1. The zero-order chi connectivity index (χ0) is 12.8. The number of nitrogens with zero attached hydrogens (tertiary/aromatic N) is 1. The third kappa shape index (κ3) is 3.07. The Hall–Kier alpha value is -2.36. The Morgan fingerprint density at radius 2 is 2.00 bits per heavy atom. The molecule has 2 aromatic rings. The molecule has 1 aromatic heterocycles. The van der Waals surface area contributed by atoms with Crippen LogP contribution in [0.1, 0.15) is 12.5 Å². The predicted octanol–water partition coefficient (Wildman–Crippen LogP) is 3.29. The van der Waals surface area contributed by atoms with E-state index < -0.39 is 0 Å². The van der Waals surface area contributed by atoms with Gasteiger partial charge >= 0.3 is 6.03 Å². The number of rotatable bonds is 3. The summed E-state index contributed by atoms with van der Waals surface area (Å²) in [4.78, 5) is 15.7. The van der Waals surface area contributed by atoms with Crippen molar-refractivity contribution in [2.24, 2.45) is 0 Å². The molecule has 2 N–H and O–H groups in total. The third-order valence-corrected chi connectivity index (χ3v) is 2.57. The minimum absolute atomic E-state index is 0.260. The van der Waals surface area contributed by atoms with Crippen LogP contribution in [-0.4, -0.2) is 11.0 Å². The Morgan fingerprint density at radius 3 is 2.72 bits per heavy atom. The quantitative estimate of drug-likeness (QED) is 0.866. The number of amides is 2. The second kappa shape index (κ2) is 5.82. The molecule has 2 amide bonds. The van der Waals surface area contributed by atoms with Gasteiger partial charge in [0.15, 0.2) is 0 Å². The molecule has 0 aliphatic heterocycles. The number of hydrogen-bond donors (Lipinski definition) is 2. The topological polar surface area (TPSA) is 54.0 Å². The molecule has 0 fully saturated rings. The van der Waals surface area contributed by atoms with Gasteiger partial charge in [0.1, 0.15) is 0 Å². The van der Waals surface area contributed by atoms with Gasteiger partial charge in [-0.15, -0.1) is 0 Å². The fraction of sp³-hybridized carbons (Fsp3) is 0.143. The number of anilines is 2. The number of urea groups is 1. The van der Waals surface area contributed by atoms with E-state index in [1.807, 2.05) is 24.3 Å². The van der Waals surface area contributed by atoms with Crippen molar-refractivity contribution in [2.45, 2.75) is 13.3 Å². The first-order chi connectivity index (χ1) is 8.79. The van der Waals surface area contributed by atoms with Crippen molar-refractivity contribution < 1.29 is 4.79 Å². The number of carbonyl (C=O) groups is 1. The van der Waals surface area contributed by atoms with Crippen molar-refractivity contribution in [1.82, 2.24) is 4.98 Å². The standard InChI is InChI=1S/C14H15N3O/c1-2-11-6-3-4-8-13(11)17-14(18)16-12-7-5-9-15-10-12/h3-10H,2H2,1H3,(H2,16,17,18). The van der Waals surface area contributed by atoms with Crippen molar-refractivity contribution in [2.75, 3.05) is 10.6 Å². The smallest absolute Gasteiger partial charge is 0.307 e. The molecule has 4 nitrogen and oxygen atoms in total. The maximum atomic E-state index is 11.8. The minimum Gasteiger partial charge on any atom is -0.307 e. The van der Waals surface area contributed by atoms with Gasteiger partial charge in [0.05, 0.1) is 11.9 Å². The maximum absolute atomic E-state index is 11.8. The highest BCUT2D eigenvalue weighted by Crippen LogP contribution is 2.15. The van der Waals surface area contributed by atoms with Crippen LogP contribution in [0.2, 0.25) is 0 Å². The van der Waals surface area contributed by atoms with Crippen LogP contribution >= 0.6 is 0 Å². The van der Waals surface area contributed by atoms with Crippen molar-refractivity contribution in [3.63, 3.8) is 0 Å². The summed E-state index contributed by atoms with van der Waals surface area (Å²) in [5, 5.41) is 5.56. The molecule has 1 aromatic carbocycles. The van der Waals surface area contributed by atoms with Gasteiger partial charge in [0, 0.05) is 11.9 Å². The molecule has 2 rings (SSSR count). The van der Waals surface area contributed by atoms with Gasteiger partial charge in [-0.25, -0.2) is 4.79 Å². The second-order valence-electron chi connectivity index (χ2n) is 3.83. The Balaban J connectivity index is 2.03. The fourth-order valence-corrected chi connectivity index (χ4v) is 1.67. The molecule has 0 saturated heterocycles. The predicted molar refractivity (Wildman–Crippen MR) is 72.7 cm³/mol. The Labute approximate surface area is 106 Å². The number of para-hydroxylation sites is 1. The van der Waals surface area contributed by atoms with E-state index in [0.29, 0.717) is 5.69 Å². The van der Waals surface area contributed by atoms with Crippen molar-refractivity contribution in [3.05, 3.63) is 54.4 Å². The first-order valence-corrected chi connectivity index (χ1v) is 5.85. The molecule has 0 aliphatic carbocycles. The Bertz CT molecular complexity index is 526. The first-order valence-electron chi connectivity index (χ1n) is 5.85. The summed E-state index contributed by atoms with van der Waals surface area (Å²) >= 11 is 0. The van der Waals surface area contributed by atoms with Crippen LogP contribution in [0.4, 0.5) is 16.2 Å². The van der Waals surface area contributed by atoms with E-state index >= 15 is 0 Å². The third-order valence-electron chi connectivity index (χ3n) is 2.57. The molecule has 18 heavy (non-hydrogen) atoms. The highest BCUT2D eigenvalue weighted by Gasteiger charge is 2.05. The number of carbonyl (C=O) groups excluding carboxylic acids is 1. The largest absolute Gasteiger partial charge is 0.323 e. The zero-order valence-electron chi connectivity index (χ0n) is 10.2. The van der Waals surface area contributed by atoms with Crippen LogP contribution < -0.4 is 10.6 Å². The summed E-state index contributed by atoms with van der Waals surface area (Å²) in [6.07, 6.45) is 4.14. The van der Waals surface area contributed by atoms with Crippen LogP contribution in [0, 0.1) is 0 Å². The molecule has 0 saturated carbocycles. The normalized spacial score (nSPS) is 9.83. The fourth-order valence-electron chi connectivity index (χ4n) is 1.67. The minimum atomic E-state index is -0.260. The summed E-state index contributed by atoms with van der Waals surface area (Å²) < 4.78 is 0. The van der Waals surface area contributed by atoms with E-state index in [2.05, 4.69) is 22.5 Å². The number of hydrogen-bond acceptors (Lipinski definition) is 2. The molecular formula is C14H15N3O. The van der Waals surface area contributed by atoms with E-state index in [9.17, 15) is 4.79 Å². The van der Waals surface area contributed by atoms with Gasteiger partial charge in [-0.3, -0.25) is 4.98 Å². The number of benzene rings is 1. The van der Waals surface area contributed by atoms with Gasteiger partial charge in [0.25, 0.3) is 0 Å². The highest BCUT2D eigenvalue weighted by atomic mass is 16.2. The Morgan fingerprint density at radius 1 is 1.17 bits per heavy atom. The van der Waals surface area contributed by atoms with Crippen LogP contribution in [0.15, 0.2) is 48.8 Å². The molecule has 0 spiro atoms. The van der Waals surface area contributed by atoms with Crippen LogP contribution in [0.5, 0.6) is 0 Å². The van der Waals surface area contributed by atoms with Crippen molar-refractivity contribution in [3.8, 4) is 0 Å². The molecular weight excluding hydrogens is 226 g/mol. The van der Waals surface area contributed by atoms with Gasteiger partial charge in [-0.1, -0.05) is 25.1 Å². The Kier molecular flexibility index (Phi) is 3.91. The second-order valence-corrected chi connectivity index (χ2v) is 3.83. The van der Waals surface area contributed by atoms with Gasteiger partial charge in [0.2, 0.25) is 0 Å². The van der Waals surface area contributed by atoms with E-state index in [4.69, 9.17) is 0 Å². The van der Waals surface area contributed by atoms with Crippen molar-refractivity contribution in [1.29, 1.82) is 0 Å². The lowest BCUT2D eigenvalue weighted by molar-refractivity contribution is 0.262. The van der Waals surface area contributed by atoms with E-state index in [-0.39, 0.29) is 6.03 Å². The molecule has 92 valence electrons. The lowest BCUT2D eigenvalue weighted by Crippen LogP contribution is -2.20. The number of aromatic nitrogens is 1. The molecule has 0 radical (unpaired) electrons. The number of aryl methyl sites for hydroxylation is 1. The zero-order valence-corrected chi connectivity index (χ0v) is 10.2. The summed E-state index contributed by atoms with van der Waals surface area (Å²) in [7, 11) is 0. The van der Waals surface area contributed by atoms with Gasteiger partial charge < -0.3 is 10.6 Å². The summed E-state index contributed by atoms with van der Waals surface area (Å²) in [5.74, 6) is 0. The van der Waals surface area contributed by atoms with E-state index in [1.54, 1.807) is 24.5 Å². The maximum Gasteiger partial charge on any atom is 0.323 e. The average molecular weight is 241 g/mol. The SMILES string of the molecule is CCc1ccccc1NC(=O)Nc1cccnc1. The van der Waals surface area contributed by atoms with Gasteiger partial charge in [-0.2, -0.15) is 0 Å². The van der Waals surface area contributed by atoms with Crippen molar-refractivity contribution >= 4 is 17.4 Å². The average Bonchev–Trinajstić information content (AvgIpc) is 2.40. The van der Waals surface area contributed by atoms with Crippen LogP contribution in [-0.2, 0) is 6.42 Å². The van der Waals surface area contributed by atoms with E-state index in [1.165, 1.54) is 0 Å². The summed E-state index contributed by atoms with van der Waals surface area (Å²) in [6.45, 7) is 2.06.